The van der Waals surface area contributed by atoms with Gasteiger partial charge in [0.15, 0.2) is 0 Å². The molecule has 2 heterocycles. The highest BCUT2D eigenvalue weighted by atomic mass is 16.2. The van der Waals surface area contributed by atoms with Crippen LogP contribution < -0.4 is 16.4 Å². The fourth-order valence-electron chi connectivity index (χ4n) is 13.1. The Morgan fingerprint density at radius 2 is 1.30 bits per heavy atom. The number of carbonyl (C=O) groups excluding carboxylic acids is 8. The summed E-state index contributed by atoms with van der Waals surface area (Å²) in [4.78, 5) is 130. The van der Waals surface area contributed by atoms with E-state index in [0.29, 0.717) is 81.1 Å². The maximum Gasteiger partial charge on any atom is 0.248 e. The summed E-state index contributed by atoms with van der Waals surface area (Å²) in [7, 11) is 12.5. The summed E-state index contributed by atoms with van der Waals surface area (Å²) in [5.41, 5.74) is 9.68. The Hall–Kier alpha value is -6.86. The summed E-state index contributed by atoms with van der Waals surface area (Å²) in [6.07, 6.45) is 9.82. The Labute approximate surface area is 520 Å². The SMILES string of the molecule is C=C(N)[C@H](CC(C)C)N(C)C(=C)C[C@@H](C(=C)N(C)C)N(C)C(=O)[C@H](C1CCCC1)N(C)C(=O)C1(NC(=O)[C@@H]2CCCN2C(=O)CNC(=O)CN(C)C(=O)[C@H](Cc2ccc(C)cc2)N(CC)C(=O)[C@@H]2CCN2C(=O)CN(C)C(=C)C[C@@H](C)CC)CCCC1. The minimum absolute atomic E-state index is 0.0764. The lowest BCUT2D eigenvalue weighted by molar-refractivity contribution is -0.157. The van der Waals surface area contributed by atoms with Gasteiger partial charge in [-0.2, -0.15) is 0 Å². The van der Waals surface area contributed by atoms with E-state index in [-0.39, 0.29) is 61.6 Å². The molecule has 4 N–H and O–H groups in total. The molecule has 1 aromatic rings. The zero-order valence-electron chi connectivity index (χ0n) is 55.3. The number of aryl methyl sites for hydroxylation is 1. The van der Waals surface area contributed by atoms with Crippen molar-refractivity contribution >= 4 is 47.3 Å². The molecular weight excluding hydrogens is 1100 g/mol. The summed E-state index contributed by atoms with van der Waals surface area (Å²) in [6, 6.07) is 3.52. The fourth-order valence-corrected chi connectivity index (χ4v) is 13.1. The van der Waals surface area contributed by atoms with Gasteiger partial charge >= 0.3 is 0 Å². The van der Waals surface area contributed by atoms with E-state index in [2.05, 4.69) is 64.6 Å². The van der Waals surface area contributed by atoms with Gasteiger partial charge in [-0.3, -0.25) is 38.4 Å². The van der Waals surface area contributed by atoms with E-state index in [1.807, 2.05) is 74.1 Å². The summed E-state index contributed by atoms with van der Waals surface area (Å²) >= 11 is 0. The molecule has 484 valence electrons. The van der Waals surface area contributed by atoms with Crippen LogP contribution in [0.2, 0.25) is 0 Å². The van der Waals surface area contributed by atoms with E-state index in [4.69, 9.17) is 5.73 Å². The maximum atomic E-state index is 15.3. The lowest BCUT2D eigenvalue weighted by Gasteiger charge is -2.44. The van der Waals surface area contributed by atoms with Gasteiger partial charge < -0.3 is 60.5 Å². The predicted octanol–water partition coefficient (Wildman–Crippen LogP) is 5.87. The molecular formula is C67H108N12O8. The molecule has 0 radical (unpaired) electrons. The molecule has 0 aromatic heterocycles. The monoisotopic (exact) mass is 1210 g/mol. The van der Waals surface area contributed by atoms with Crippen LogP contribution in [-0.2, 0) is 44.8 Å². The molecule has 0 unspecified atom stereocenters. The molecule has 0 bridgehead atoms. The second-order valence-corrected chi connectivity index (χ2v) is 26.2. The first kappa shape index (κ1) is 70.9. The number of allylic oxidation sites excluding steroid dienone is 1. The van der Waals surface area contributed by atoms with Crippen LogP contribution in [0.3, 0.4) is 0 Å². The lowest BCUT2D eigenvalue weighted by atomic mass is 9.89. The lowest BCUT2D eigenvalue weighted by Crippen LogP contribution is -2.64. The number of nitrogens with one attached hydrogen (secondary N) is 2. The topological polar surface area (TPSA) is 216 Å². The molecule has 1 aromatic carbocycles. The third-order valence-corrected chi connectivity index (χ3v) is 19.1. The number of likely N-dealkylation sites (tertiary alicyclic amines) is 2. The standard InChI is InChI=1S/C67H108N12O8/c1-18-45(5)38-47(7)72(13)43-60(82)79-36-32-54(79)64(85)77(19-2)57(40-51-30-28-46(6)29-31-51)63(84)73(14)42-58(80)69-41-59(81)78-35-24-27-53(78)62(83)70-67(33-22-23-34-67)66(87)76(17)61(52-25-20-21-26-52)65(86)75(16)56(50(10)71(11)12)39-48(8)74(15)55(49(9)68)37-44(3)4/h28-31,44-45,52-57,61H,7-10,18-27,32-43,68H2,1-6,11-17H3,(H,69,80)(H,70,83)/t45-,53-,54-,55-,56-,57-,61-/m0/s1. The van der Waals surface area contributed by atoms with Crippen molar-refractivity contribution in [3.63, 3.8) is 0 Å². The first-order chi connectivity index (χ1) is 41.0. The number of amides is 8. The molecule has 8 amide bonds. The Bertz CT molecular complexity index is 2640. The largest absolute Gasteiger partial charge is 0.401 e. The van der Waals surface area contributed by atoms with Crippen molar-refractivity contribution < 1.29 is 38.4 Å². The van der Waals surface area contributed by atoms with E-state index in [1.54, 1.807) is 35.7 Å². The highest BCUT2D eigenvalue weighted by Crippen LogP contribution is 2.38. The van der Waals surface area contributed by atoms with Crippen LogP contribution in [-0.4, -0.2) is 222 Å². The van der Waals surface area contributed by atoms with Crippen LogP contribution in [0, 0.1) is 24.7 Å². The average Bonchev–Trinajstić information content (AvgIpc) is 1.97. The zero-order chi connectivity index (χ0) is 64.8. The van der Waals surface area contributed by atoms with Gasteiger partial charge in [0.2, 0.25) is 47.3 Å². The molecule has 20 heteroatoms. The van der Waals surface area contributed by atoms with Crippen molar-refractivity contribution in [2.75, 3.05) is 88.6 Å². The summed E-state index contributed by atoms with van der Waals surface area (Å²) < 4.78 is 0. The average molecular weight is 1210 g/mol. The van der Waals surface area contributed by atoms with Crippen LogP contribution in [0.1, 0.15) is 142 Å². The third-order valence-electron chi connectivity index (χ3n) is 19.1. The Balaban J connectivity index is 1.26. The summed E-state index contributed by atoms with van der Waals surface area (Å²) in [5.74, 6) is -2.53. The van der Waals surface area contributed by atoms with Crippen molar-refractivity contribution in [2.45, 2.75) is 186 Å². The highest BCUT2D eigenvalue weighted by molar-refractivity contribution is 5.98. The normalized spacial score (nSPS) is 18.9. The summed E-state index contributed by atoms with van der Waals surface area (Å²) in [5, 5.41) is 5.82. The van der Waals surface area contributed by atoms with Gasteiger partial charge in [-0.05, 0) is 95.0 Å². The minimum Gasteiger partial charge on any atom is -0.401 e. The third kappa shape index (κ3) is 17.9. The van der Waals surface area contributed by atoms with Gasteiger partial charge in [-0.15, -0.1) is 0 Å². The van der Waals surface area contributed by atoms with E-state index in [0.717, 1.165) is 67.5 Å². The Kier molecular flexibility index (Phi) is 26.0. The van der Waals surface area contributed by atoms with Gasteiger partial charge in [0, 0.05) is 105 Å². The van der Waals surface area contributed by atoms with Crippen molar-refractivity contribution in [3.8, 4) is 0 Å². The molecule has 0 spiro atoms. The van der Waals surface area contributed by atoms with Gasteiger partial charge in [0.25, 0.3) is 0 Å². The maximum absolute atomic E-state index is 15.3. The number of rotatable bonds is 32. The molecule has 20 nitrogen and oxygen atoms in total. The minimum atomic E-state index is -1.31. The molecule has 2 aliphatic carbocycles. The fraction of sp³-hybridized carbons (Fsp3) is 0.672. The van der Waals surface area contributed by atoms with E-state index < -0.39 is 72.5 Å². The van der Waals surface area contributed by atoms with Crippen LogP contribution in [0.5, 0.6) is 0 Å². The number of hydrogen-bond acceptors (Lipinski definition) is 12. The van der Waals surface area contributed by atoms with Gasteiger partial charge in [-0.25, -0.2) is 0 Å². The zero-order valence-corrected chi connectivity index (χ0v) is 55.3. The number of likely N-dealkylation sites (N-methyl/N-ethyl adjacent to an activating group) is 7. The van der Waals surface area contributed by atoms with Crippen molar-refractivity contribution in [2.24, 2.45) is 23.5 Å². The molecule has 87 heavy (non-hydrogen) atoms. The van der Waals surface area contributed by atoms with Gasteiger partial charge in [0.05, 0.1) is 31.7 Å². The number of hydrogen-bond donors (Lipinski definition) is 3. The highest BCUT2D eigenvalue weighted by Gasteiger charge is 2.51. The summed E-state index contributed by atoms with van der Waals surface area (Å²) in [6.45, 7) is 29.4. The molecule has 4 aliphatic rings. The molecule has 2 saturated heterocycles. The van der Waals surface area contributed by atoms with Crippen LogP contribution in [0.25, 0.3) is 0 Å². The molecule has 2 saturated carbocycles. The predicted molar refractivity (Wildman–Crippen MR) is 343 cm³/mol. The van der Waals surface area contributed by atoms with E-state index in [9.17, 15) is 28.8 Å². The quantitative estimate of drug-likeness (QED) is 0.0772. The van der Waals surface area contributed by atoms with Crippen molar-refractivity contribution in [1.29, 1.82) is 0 Å². The first-order valence-electron chi connectivity index (χ1n) is 31.9. The smallest absolute Gasteiger partial charge is 0.248 e. The molecule has 5 rings (SSSR count). The number of nitrogens with zero attached hydrogens (tertiary/aromatic N) is 9. The van der Waals surface area contributed by atoms with Gasteiger partial charge in [0.1, 0.15) is 29.7 Å². The number of nitrogens with two attached hydrogens (primary N) is 1. The van der Waals surface area contributed by atoms with Crippen molar-refractivity contribution in [3.05, 3.63) is 84.5 Å². The van der Waals surface area contributed by atoms with Crippen LogP contribution in [0.15, 0.2) is 73.4 Å². The Morgan fingerprint density at radius 3 is 1.85 bits per heavy atom. The van der Waals surface area contributed by atoms with E-state index in [1.165, 1.54) is 21.7 Å². The molecule has 4 fully saturated rings. The first-order valence-corrected chi connectivity index (χ1v) is 31.9. The van der Waals surface area contributed by atoms with E-state index >= 15 is 9.59 Å². The molecule has 7 atom stereocenters. The second-order valence-electron chi connectivity index (χ2n) is 26.2. The van der Waals surface area contributed by atoms with Crippen molar-refractivity contribution in [1.82, 2.24) is 54.7 Å². The number of benzene rings is 1. The van der Waals surface area contributed by atoms with Crippen LogP contribution in [0.4, 0.5) is 0 Å². The molecule has 2 aliphatic heterocycles. The second kappa shape index (κ2) is 31.9. The van der Waals surface area contributed by atoms with Crippen LogP contribution >= 0.6 is 0 Å². The van der Waals surface area contributed by atoms with Gasteiger partial charge in [-0.1, -0.05) is 116 Å². The number of carbonyl (C=O) groups is 8. The Morgan fingerprint density at radius 1 is 0.678 bits per heavy atom.